The van der Waals surface area contributed by atoms with Crippen molar-refractivity contribution in [1.29, 1.82) is 0 Å². The lowest BCUT2D eigenvalue weighted by Crippen LogP contribution is -2.03. The molecule has 5 rings (SSSR count). The van der Waals surface area contributed by atoms with Crippen LogP contribution >= 0.6 is 27.3 Å². The topological polar surface area (TPSA) is 73.3 Å². The van der Waals surface area contributed by atoms with E-state index in [0.717, 1.165) is 15.4 Å². The molecule has 0 aliphatic carbocycles. The first-order valence-electron chi connectivity index (χ1n) is 7.70. The smallest absolute Gasteiger partial charge is 0.346 e. The molecule has 0 saturated heterocycles. The minimum atomic E-state index is -0.425. The molecule has 0 saturated carbocycles. The van der Waals surface area contributed by atoms with Gasteiger partial charge in [-0.25, -0.2) is 4.79 Å². The summed E-state index contributed by atoms with van der Waals surface area (Å²) in [7, 11) is 0. The van der Waals surface area contributed by atoms with Gasteiger partial charge in [0.1, 0.15) is 5.58 Å². The zero-order valence-electron chi connectivity index (χ0n) is 13.1. The van der Waals surface area contributed by atoms with Crippen LogP contribution in [-0.4, -0.2) is 19.8 Å². The Bertz CT molecular complexity index is 1320. The Kier molecular flexibility index (Phi) is 3.47. The average Bonchev–Trinajstić information content (AvgIpc) is 3.23. The standard InChI is InChI=1S/C18H9BrN4O2S/c19-12-6-7-14-11(8-12)9-13(17(24)25-14)16-22-23-15(20-21-18(23)26-16)10-4-2-1-3-5-10/h1-9H. The molecule has 0 spiro atoms. The van der Waals surface area contributed by atoms with Crippen LogP contribution in [0.3, 0.4) is 0 Å². The Labute approximate surface area is 158 Å². The Morgan fingerprint density at radius 2 is 1.88 bits per heavy atom. The maximum absolute atomic E-state index is 12.4. The van der Waals surface area contributed by atoms with Crippen LogP contribution in [0.2, 0.25) is 0 Å². The second-order valence-corrected chi connectivity index (χ2v) is 7.49. The summed E-state index contributed by atoms with van der Waals surface area (Å²) in [6.07, 6.45) is 0. The van der Waals surface area contributed by atoms with E-state index < -0.39 is 5.63 Å². The van der Waals surface area contributed by atoms with Crippen molar-refractivity contribution in [2.75, 3.05) is 0 Å². The Morgan fingerprint density at radius 1 is 1.04 bits per heavy atom. The first kappa shape index (κ1) is 15.4. The summed E-state index contributed by atoms with van der Waals surface area (Å²) in [4.78, 5) is 13.0. The number of fused-ring (bicyclic) bond motifs is 2. The molecule has 0 unspecified atom stereocenters. The zero-order valence-corrected chi connectivity index (χ0v) is 15.5. The first-order chi connectivity index (χ1) is 12.7. The lowest BCUT2D eigenvalue weighted by Gasteiger charge is -2.00. The maximum atomic E-state index is 12.4. The summed E-state index contributed by atoms with van der Waals surface area (Å²) in [5.74, 6) is 0.635. The van der Waals surface area contributed by atoms with Crippen LogP contribution in [0.4, 0.5) is 0 Å². The number of nitrogens with zero attached hydrogens (tertiary/aromatic N) is 4. The SMILES string of the molecule is O=c1oc2ccc(Br)cc2cc1-c1nn2c(-c3ccccc3)nnc2s1. The predicted octanol–water partition coefficient (Wildman–Crippen LogP) is 4.39. The largest absolute Gasteiger partial charge is 0.422 e. The van der Waals surface area contributed by atoms with Crippen molar-refractivity contribution in [2.24, 2.45) is 0 Å². The minimum absolute atomic E-state index is 0.408. The van der Waals surface area contributed by atoms with E-state index in [1.54, 1.807) is 16.6 Å². The molecule has 0 aliphatic heterocycles. The maximum Gasteiger partial charge on any atom is 0.346 e. The number of rotatable bonds is 2. The fraction of sp³-hybridized carbons (Fsp3) is 0. The van der Waals surface area contributed by atoms with Gasteiger partial charge in [-0.2, -0.15) is 9.61 Å². The van der Waals surface area contributed by atoms with Gasteiger partial charge in [0.05, 0.1) is 5.56 Å². The van der Waals surface area contributed by atoms with Gasteiger partial charge in [0, 0.05) is 15.4 Å². The molecule has 0 atom stereocenters. The fourth-order valence-corrected chi connectivity index (χ4v) is 3.96. The quantitative estimate of drug-likeness (QED) is 0.393. The molecule has 0 bridgehead atoms. The summed E-state index contributed by atoms with van der Waals surface area (Å²) in [6, 6.07) is 17.0. The summed E-state index contributed by atoms with van der Waals surface area (Å²) in [5, 5.41) is 14.3. The van der Waals surface area contributed by atoms with Crippen molar-refractivity contribution in [2.45, 2.75) is 0 Å². The Morgan fingerprint density at radius 3 is 2.73 bits per heavy atom. The van der Waals surface area contributed by atoms with Crippen LogP contribution in [0, 0.1) is 0 Å². The van der Waals surface area contributed by atoms with Crippen LogP contribution in [0.5, 0.6) is 0 Å². The normalized spacial score (nSPS) is 11.4. The van der Waals surface area contributed by atoms with Crippen LogP contribution in [0.15, 0.2) is 68.3 Å². The Hall–Kier alpha value is -2.84. The van der Waals surface area contributed by atoms with Crippen LogP contribution in [0.1, 0.15) is 0 Å². The molecular weight excluding hydrogens is 416 g/mol. The summed E-state index contributed by atoms with van der Waals surface area (Å²) in [5.41, 5.74) is 1.43. The van der Waals surface area contributed by atoms with E-state index in [0.29, 0.717) is 26.9 Å². The van der Waals surface area contributed by atoms with Crippen molar-refractivity contribution in [3.8, 4) is 22.0 Å². The highest BCUT2D eigenvalue weighted by atomic mass is 79.9. The summed E-state index contributed by atoms with van der Waals surface area (Å²) < 4.78 is 8.00. The highest BCUT2D eigenvalue weighted by Crippen LogP contribution is 2.28. The monoisotopic (exact) mass is 424 g/mol. The van der Waals surface area contributed by atoms with Gasteiger partial charge < -0.3 is 4.42 Å². The molecule has 0 radical (unpaired) electrons. The van der Waals surface area contributed by atoms with Crippen LogP contribution in [-0.2, 0) is 0 Å². The van der Waals surface area contributed by atoms with Crippen molar-refractivity contribution in [3.63, 3.8) is 0 Å². The van der Waals surface area contributed by atoms with Crippen molar-refractivity contribution in [1.82, 2.24) is 19.8 Å². The van der Waals surface area contributed by atoms with Gasteiger partial charge in [0.2, 0.25) is 4.96 Å². The van der Waals surface area contributed by atoms with E-state index in [9.17, 15) is 4.79 Å². The van der Waals surface area contributed by atoms with Crippen molar-refractivity contribution >= 4 is 43.2 Å². The predicted molar refractivity (Wildman–Crippen MR) is 103 cm³/mol. The van der Waals surface area contributed by atoms with E-state index in [4.69, 9.17) is 4.42 Å². The van der Waals surface area contributed by atoms with E-state index in [1.165, 1.54) is 11.3 Å². The number of halogens is 1. The highest BCUT2D eigenvalue weighted by Gasteiger charge is 2.17. The molecule has 8 heteroatoms. The molecule has 2 aromatic carbocycles. The molecule has 6 nitrogen and oxygen atoms in total. The molecule has 0 amide bonds. The fourth-order valence-electron chi connectivity index (χ4n) is 2.74. The zero-order chi connectivity index (χ0) is 17.7. The van der Waals surface area contributed by atoms with E-state index in [-0.39, 0.29) is 0 Å². The molecule has 0 N–H and O–H groups in total. The van der Waals surface area contributed by atoms with Gasteiger partial charge in [-0.05, 0) is 24.3 Å². The van der Waals surface area contributed by atoms with E-state index in [1.807, 2.05) is 42.5 Å². The van der Waals surface area contributed by atoms with Gasteiger partial charge in [-0.15, -0.1) is 10.2 Å². The summed E-state index contributed by atoms with van der Waals surface area (Å²) in [6.45, 7) is 0. The first-order valence-corrected chi connectivity index (χ1v) is 9.31. The van der Waals surface area contributed by atoms with Gasteiger partial charge in [0.15, 0.2) is 10.8 Å². The molecule has 0 fully saturated rings. The number of hydrogen-bond donors (Lipinski definition) is 0. The van der Waals surface area contributed by atoms with Crippen LogP contribution < -0.4 is 5.63 Å². The van der Waals surface area contributed by atoms with Gasteiger partial charge in [-0.1, -0.05) is 57.6 Å². The third kappa shape index (κ3) is 2.46. The molecule has 3 heterocycles. The number of aromatic nitrogens is 4. The van der Waals surface area contributed by atoms with E-state index >= 15 is 0 Å². The molecule has 0 aliphatic rings. The van der Waals surface area contributed by atoms with Gasteiger partial charge in [-0.3, -0.25) is 0 Å². The van der Waals surface area contributed by atoms with Crippen molar-refractivity contribution < 1.29 is 4.42 Å². The molecular formula is C18H9BrN4O2S. The van der Waals surface area contributed by atoms with Crippen LogP contribution in [0.25, 0.3) is 37.9 Å². The Balaban J connectivity index is 1.70. The molecule has 26 heavy (non-hydrogen) atoms. The lowest BCUT2D eigenvalue weighted by atomic mass is 10.2. The number of benzene rings is 2. The molecule has 126 valence electrons. The minimum Gasteiger partial charge on any atom is -0.422 e. The van der Waals surface area contributed by atoms with Gasteiger partial charge in [0.25, 0.3) is 0 Å². The highest BCUT2D eigenvalue weighted by molar-refractivity contribution is 9.10. The molecule has 3 aromatic heterocycles. The molecule has 5 aromatic rings. The van der Waals surface area contributed by atoms with Crippen molar-refractivity contribution in [3.05, 3.63) is 69.5 Å². The second kappa shape index (κ2) is 5.86. The lowest BCUT2D eigenvalue weighted by molar-refractivity contribution is 0.563. The summed E-state index contributed by atoms with van der Waals surface area (Å²) >= 11 is 4.73. The van der Waals surface area contributed by atoms with Gasteiger partial charge >= 0.3 is 5.63 Å². The number of hydrogen-bond acceptors (Lipinski definition) is 6. The third-order valence-corrected chi connectivity index (χ3v) is 5.37. The average molecular weight is 425 g/mol. The third-order valence-electron chi connectivity index (χ3n) is 3.95. The van der Waals surface area contributed by atoms with E-state index in [2.05, 4.69) is 31.2 Å². The second-order valence-electron chi connectivity index (χ2n) is 5.62.